The molecule has 0 saturated carbocycles. The Morgan fingerprint density at radius 2 is 1.25 bits per heavy atom. The summed E-state index contributed by atoms with van der Waals surface area (Å²) in [6, 6.07) is 20.4. The number of phenolic OH excluding ortho intramolecular Hbond substituents is 1. The van der Waals surface area contributed by atoms with Gasteiger partial charge in [-0.3, -0.25) is 0 Å². The normalized spacial score (nSPS) is 11.2. The minimum absolute atomic E-state index is 0.377. The van der Waals surface area contributed by atoms with Crippen LogP contribution < -0.4 is 0 Å². The molecule has 1 aromatic heterocycles. The monoisotopic (exact) mass is 276 g/mol. The molecule has 0 radical (unpaired) electrons. The first kappa shape index (κ1) is 11.5. The summed E-state index contributed by atoms with van der Waals surface area (Å²) in [5, 5.41) is 17.1. The van der Waals surface area contributed by atoms with Crippen molar-refractivity contribution in [3.8, 4) is 16.2 Å². The third-order valence-electron chi connectivity index (χ3n) is 3.67. The molecular formula is C18H12OS. The van der Waals surface area contributed by atoms with E-state index in [0.717, 1.165) is 26.6 Å². The number of thiophene rings is 1. The summed E-state index contributed by atoms with van der Waals surface area (Å²) in [5.74, 6) is 0.377. The van der Waals surface area contributed by atoms with Gasteiger partial charge in [-0.15, -0.1) is 11.3 Å². The minimum atomic E-state index is 0.377. The average Bonchev–Trinajstić information content (AvgIpc) is 3.02. The standard InChI is InChI=1S/C18H12OS/c19-18-15-9-4-2-7-13(15)12-6-1-3-8-14(12)17(18)16-10-5-11-20-16/h1-11,19H. The highest BCUT2D eigenvalue weighted by Crippen LogP contribution is 2.44. The molecule has 1 heterocycles. The predicted octanol–water partition coefficient (Wildman–Crippen LogP) is 5.43. The Morgan fingerprint density at radius 1 is 0.650 bits per heavy atom. The van der Waals surface area contributed by atoms with Crippen LogP contribution in [-0.4, -0.2) is 5.11 Å². The second-order valence-electron chi connectivity index (χ2n) is 4.79. The van der Waals surface area contributed by atoms with Crippen molar-refractivity contribution in [3.63, 3.8) is 0 Å². The van der Waals surface area contributed by atoms with Crippen molar-refractivity contribution in [2.24, 2.45) is 0 Å². The average molecular weight is 276 g/mol. The highest BCUT2D eigenvalue weighted by Gasteiger charge is 2.15. The van der Waals surface area contributed by atoms with Gasteiger partial charge in [0.05, 0.1) is 0 Å². The molecule has 0 spiro atoms. The van der Waals surface area contributed by atoms with Crippen molar-refractivity contribution >= 4 is 32.9 Å². The van der Waals surface area contributed by atoms with E-state index in [1.54, 1.807) is 11.3 Å². The number of aromatic hydroxyl groups is 1. The summed E-state index contributed by atoms with van der Waals surface area (Å²) in [5.41, 5.74) is 0.939. The summed E-state index contributed by atoms with van der Waals surface area (Å²) in [6.07, 6.45) is 0. The van der Waals surface area contributed by atoms with Gasteiger partial charge < -0.3 is 5.11 Å². The molecule has 2 heteroatoms. The largest absolute Gasteiger partial charge is 0.507 e. The lowest BCUT2D eigenvalue weighted by molar-refractivity contribution is 0.484. The van der Waals surface area contributed by atoms with Gasteiger partial charge >= 0.3 is 0 Å². The van der Waals surface area contributed by atoms with Crippen LogP contribution >= 0.6 is 11.3 Å². The molecule has 0 fully saturated rings. The molecule has 20 heavy (non-hydrogen) atoms. The molecule has 0 amide bonds. The van der Waals surface area contributed by atoms with E-state index in [2.05, 4.69) is 24.3 Å². The predicted molar refractivity (Wildman–Crippen MR) is 86.4 cm³/mol. The van der Waals surface area contributed by atoms with Crippen LogP contribution in [0.4, 0.5) is 0 Å². The number of rotatable bonds is 1. The quantitative estimate of drug-likeness (QED) is 0.460. The fourth-order valence-corrected chi connectivity index (χ4v) is 3.58. The zero-order valence-corrected chi connectivity index (χ0v) is 11.5. The van der Waals surface area contributed by atoms with Crippen molar-refractivity contribution in [1.82, 2.24) is 0 Å². The molecule has 0 saturated heterocycles. The van der Waals surface area contributed by atoms with Crippen LogP contribution in [0.3, 0.4) is 0 Å². The molecule has 0 unspecified atom stereocenters. The molecule has 1 N–H and O–H groups in total. The van der Waals surface area contributed by atoms with Gasteiger partial charge in [-0.2, -0.15) is 0 Å². The zero-order chi connectivity index (χ0) is 13.5. The molecule has 3 aromatic carbocycles. The number of hydrogen-bond donors (Lipinski definition) is 1. The highest BCUT2D eigenvalue weighted by molar-refractivity contribution is 7.13. The Morgan fingerprint density at radius 3 is 1.90 bits per heavy atom. The van der Waals surface area contributed by atoms with Crippen LogP contribution in [0.1, 0.15) is 0 Å². The number of hydrogen-bond acceptors (Lipinski definition) is 2. The van der Waals surface area contributed by atoms with Gasteiger partial charge in [0.1, 0.15) is 5.75 Å². The van der Waals surface area contributed by atoms with Gasteiger partial charge in [-0.05, 0) is 27.6 Å². The van der Waals surface area contributed by atoms with Crippen LogP contribution in [0.2, 0.25) is 0 Å². The van der Waals surface area contributed by atoms with Crippen LogP contribution in [0.15, 0.2) is 66.0 Å². The van der Waals surface area contributed by atoms with Crippen molar-refractivity contribution in [2.45, 2.75) is 0 Å². The molecule has 0 aliphatic rings. The van der Waals surface area contributed by atoms with Crippen LogP contribution in [0, 0.1) is 0 Å². The second-order valence-corrected chi connectivity index (χ2v) is 5.74. The topological polar surface area (TPSA) is 20.2 Å². The third kappa shape index (κ3) is 1.55. The van der Waals surface area contributed by atoms with Gasteiger partial charge in [0.25, 0.3) is 0 Å². The molecular weight excluding hydrogens is 264 g/mol. The van der Waals surface area contributed by atoms with Crippen molar-refractivity contribution < 1.29 is 5.11 Å². The maximum Gasteiger partial charge on any atom is 0.132 e. The SMILES string of the molecule is Oc1c(-c2cccs2)c2ccccc2c2ccccc12. The lowest BCUT2D eigenvalue weighted by atomic mass is 9.95. The minimum Gasteiger partial charge on any atom is -0.507 e. The highest BCUT2D eigenvalue weighted by atomic mass is 32.1. The Labute approximate surface area is 120 Å². The fourth-order valence-electron chi connectivity index (χ4n) is 2.79. The summed E-state index contributed by atoms with van der Waals surface area (Å²) in [6.45, 7) is 0. The van der Waals surface area contributed by atoms with E-state index in [0.29, 0.717) is 5.75 Å². The smallest absolute Gasteiger partial charge is 0.132 e. The van der Waals surface area contributed by atoms with Gasteiger partial charge in [0, 0.05) is 15.8 Å². The van der Waals surface area contributed by atoms with E-state index in [9.17, 15) is 5.11 Å². The van der Waals surface area contributed by atoms with E-state index in [-0.39, 0.29) is 0 Å². The van der Waals surface area contributed by atoms with E-state index >= 15 is 0 Å². The van der Waals surface area contributed by atoms with Crippen molar-refractivity contribution in [1.29, 1.82) is 0 Å². The molecule has 96 valence electrons. The maximum absolute atomic E-state index is 10.7. The second kappa shape index (κ2) is 4.36. The van der Waals surface area contributed by atoms with Crippen LogP contribution in [0.5, 0.6) is 5.75 Å². The Hall–Kier alpha value is -2.32. The van der Waals surface area contributed by atoms with Gasteiger partial charge in [0.2, 0.25) is 0 Å². The lowest BCUT2D eigenvalue weighted by Gasteiger charge is -2.12. The zero-order valence-electron chi connectivity index (χ0n) is 10.7. The molecule has 0 aliphatic carbocycles. The maximum atomic E-state index is 10.7. The summed E-state index contributed by atoms with van der Waals surface area (Å²) < 4.78 is 0. The first-order chi connectivity index (χ1) is 9.86. The molecule has 0 bridgehead atoms. The summed E-state index contributed by atoms with van der Waals surface area (Å²) in [7, 11) is 0. The van der Waals surface area contributed by atoms with Gasteiger partial charge in [-0.25, -0.2) is 0 Å². The molecule has 4 rings (SSSR count). The fraction of sp³-hybridized carbons (Fsp3) is 0. The Kier molecular flexibility index (Phi) is 2.51. The number of phenols is 1. The van der Waals surface area contributed by atoms with E-state index in [4.69, 9.17) is 0 Å². The molecule has 0 aliphatic heterocycles. The molecule has 4 aromatic rings. The van der Waals surface area contributed by atoms with E-state index in [1.807, 2.05) is 41.8 Å². The molecule has 0 atom stereocenters. The molecule has 1 nitrogen and oxygen atoms in total. The van der Waals surface area contributed by atoms with Crippen molar-refractivity contribution in [2.75, 3.05) is 0 Å². The first-order valence-corrected chi connectivity index (χ1v) is 7.40. The Bertz CT molecular complexity index is 907. The van der Waals surface area contributed by atoms with Crippen LogP contribution in [-0.2, 0) is 0 Å². The van der Waals surface area contributed by atoms with Gasteiger partial charge in [-0.1, -0.05) is 54.6 Å². The summed E-state index contributed by atoms with van der Waals surface area (Å²) in [4.78, 5) is 1.10. The first-order valence-electron chi connectivity index (χ1n) is 6.52. The van der Waals surface area contributed by atoms with E-state index in [1.165, 1.54) is 5.39 Å². The van der Waals surface area contributed by atoms with Crippen LogP contribution in [0.25, 0.3) is 32.0 Å². The lowest BCUT2D eigenvalue weighted by Crippen LogP contribution is -1.84. The Balaban J connectivity index is 2.29. The third-order valence-corrected chi connectivity index (χ3v) is 4.56. The van der Waals surface area contributed by atoms with Gasteiger partial charge in [0.15, 0.2) is 0 Å². The van der Waals surface area contributed by atoms with Crippen molar-refractivity contribution in [3.05, 3.63) is 66.0 Å². The van der Waals surface area contributed by atoms with E-state index < -0.39 is 0 Å². The number of fused-ring (bicyclic) bond motifs is 3. The summed E-state index contributed by atoms with van der Waals surface area (Å²) >= 11 is 1.65. The number of benzene rings is 3.